The van der Waals surface area contributed by atoms with Crippen LogP contribution in [-0.4, -0.2) is 8.07 Å². The fourth-order valence-corrected chi connectivity index (χ4v) is 10.6. The van der Waals surface area contributed by atoms with Crippen LogP contribution in [0.25, 0.3) is 0 Å². The summed E-state index contributed by atoms with van der Waals surface area (Å²) < 4.78 is 0. The van der Waals surface area contributed by atoms with Crippen molar-refractivity contribution in [2.45, 2.75) is 89.4 Å². The van der Waals surface area contributed by atoms with Crippen molar-refractivity contribution < 1.29 is 0 Å². The van der Waals surface area contributed by atoms with Gasteiger partial charge < -0.3 is 0 Å². The maximum Gasteiger partial charge on any atom is 0.0566 e. The minimum absolute atomic E-state index is 0.862. The summed E-state index contributed by atoms with van der Waals surface area (Å²) in [6.45, 7) is 7.21. The molecule has 0 atom stereocenters. The van der Waals surface area contributed by atoms with E-state index in [0.29, 0.717) is 0 Å². The van der Waals surface area contributed by atoms with Gasteiger partial charge in [-0.3, -0.25) is 0 Å². The highest BCUT2D eigenvalue weighted by Crippen LogP contribution is 2.46. The quantitative estimate of drug-likeness (QED) is 0.495. The van der Waals surface area contributed by atoms with Gasteiger partial charge in [0.25, 0.3) is 0 Å². The van der Waals surface area contributed by atoms with Crippen LogP contribution in [0, 0.1) is 0 Å². The average molecular weight is 226 g/mol. The second-order valence-corrected chi connectivity index (χ2v) is 10.6. The van der Waals surface area contributed by atoms with Gasteiger partial charge in [0.2, 0.25) is 0 Å². The highest BCUT2D eigenvalue weighted by atomic mass is 28.3. The molecule has 1 rings (SSSR count). The molecule has 0 N–H and O–H groups in total. The fourth-order valence-electron chi connectivity index (χ4n) is 4.02. The van der Waals surface area contributed by atoms with Crippen LogP contribution in [0.4, 0.5) is 0 Å². The Hall–Kier alpha value is 0.217. The summed E-state index contributed by atoms with van der Waals surface area (Å²) in [6, 6.07) is 4.87. The molecule has 0 radical (unpaired) electrons. The van der Waals surface area contributed by atoms with Gasteiger partial charge in [-0.15, -0.1) is 0 Å². The lowest BCUT2D eigenvalue weighted by atomic mass is 10.4. The van der Waals surface area contributed by atoms with Crippen LogP contribution in [0.1, 0.15) is 65.7 Å². The van der Waals surface area contributed by atoms with Gasteiger partial charge in [0.05, 0.1) is 8.07 Å². The Morgan fingerprint density at radius 2 is 1.20 bits per heavy atom. The van der Waals surface area contributed by atoms with E-state index in [4.69, 9.17) is 0 Å². The van der Waals surface area contributed by atoms with Crippen molar-refractivity contribution in [3.63, 3.8) is 0 Å². The Labute approximate surface area is 97.9 Å². The molecule has 0 aliphatic heterocycles. The molecule has 90 valence electrons. The molecule has 0 bridgehead atoms. The summed E-state index contributed by atoms with van der Waals surface area (Å²) in [4.78, 5) is 0. The molecule has 0 nitrogen and oxygen atoms in total. The Morgan fingerprint density at radius 3 is 1.53 bits per heavy atom. The van der Waals surface area contributed by atoms with Crippen molar-refractivity contribution in [1.29, 1.82) is 0 Å². The first kappa shape index (κ1) is 13.3. The van der Waals surface area contributed by atoms with Crippen molar-refractivity contribution in [2.24, 2.45) is 0 Å². The Bertz CT molecular complexity index is 142. The summed E-state index contributed by atoms with van der Waals surface area (Å²) in [6.07, 6.45) is 10.6. The van der Waals surface area contributed by atoms with Gasteiger partial charge in [0.15, 0.2) is 0 Å². The molecule has 0 unspecified atom stereocenters. The molecule has 0 spiro atoms. The first-order valence-corrected chi connectivity index (χ1v) is 9.99. The zero-order valence-electron chi connectivity index (χ0n) is 11.1. The molecule has 0 saturated heterocycles. The molecule has 0 aromatic rings. The summed E-state index contributed by atoms with van der Waals surface area (Å²) in [5.74, 6) is 0. The van der Waals surface area contributed by atoms with E-state index in [0.717, 1.165) is 0 Å². The largest absolute Gasteiger partial charge is 0.0657 e. The minimum Gasteiger partial charge on any atom is -0.0657 e. The minimum atomic E-state index is -0.862. The Balaban J connectivity index is 2.68. The summed E-state index contributed by atoms with van der Waals surface area (Å²) in [5, 5.41) is 0. The van der Waals surface area contributed by atoms with Crippen molar-refractivity contribution in [3.8, 4) is 0 Å². The maximum absolute atomic E-state index is 2.40. The predicted octanol–water partition coefficient (Wildman–Crippen LogP) is 5.61. The van der Waals surface area contributed by atoms with Crippen LogP contribution >= 0.6 is 0 Å². The maximum atomic E-state index is 2.40. The fraction of sp³-hybridized carbons (Fsp3) is 1.00. The summed E-state index contributed by atoms with van der Waals surface area (Å²) in [7, 11) is -0.862. The third-order valence-electron chi connectivity index (χ3n) is 4.46. The van der Waals surface area contributed by atoms with Crippen LogP contribution in [0.2, 0.25) is 23.7 Å². The van der Waals surface area contributed by atoms with Gasteiger partial charge in [0, 0.05) is 0 Å². The van der Waals surface area contributed by atoms with E-state index in [-0.39, 0.29) is 0 Å². The van der Waals surface area contributed by atoms with Crippen molar-refractivity contribution in [2.75, 3.05) is 0 Å². The molecule has 1 aliphatic rings. The predicted molar refractivity (Wildman–Crippen MR) is 73.3 cm³/mol. The van der Waals surface area contributed by atoms with Gasteiger partial charge in [-0.05, 0) is 5.54 Å². The van der Waals surface area contributed by atoms with E-state index in [1.807, 2.05) is 0 Å². The highest BCUT2D eigenvalue weighted by molar-refractivity contribution is 6.81. The first-order valence-electron chi connectivity index (χ1n) is 7.29. The number of rotatable bonds is 7. The van der Waals surface area contributed by atoms with E-state index in [9.17, 15) is 0 Å². The summed E-state index contributed by atoms with van der Waals surface area (Å²) >= 11 is 0. The van der Waals surface area contributed by atoms with Crippen molar-refractivity contribution in [1.82, 2.24) is 0 Å². The molecule has 0 aromatic heterocycles. The van der Waals surface area contributed by atoms with Gasteiger partial charge in [-0.25, -0.2) is 0 Å². The third-order valence-corrected chi connectivity index (χ3v) is 11.3. The average Bonchev–Trinajstić information content (AvgIpc) is 2.72. The lowest BCUT2D eigenvalue weighted by molar-refractivity contribution is 0.770. The van der Waals surface area contributed by atoms with Gasteiger partial charge in [0.1, 0.15) is 0 Å². The molecular formula is C14H30Si. The van der Waals surface area contributed by atoms with Crippen molar-refractivity contribution in [3.05, 3.63) is 0 Å². The molecule has 0 amide bonds. The van der Waals surface area contributed by atoms with Gasteiger partial charge in [-0.1, -0.05) is 83.8 Å². The smallest absolute Gasteiger partial charge is 0.0566 e. The molecular weight excluding hydrogens is 196 g/mol. The van der Waals surface area contributed by atoms with Gasteiger partial charge >= 0.3 is 0 Å². The van der Waals surface area contributed by atoms with Crippen molar-refractivity contribution >= 4 is 8.07 Å². The van der Waals surface area contributed by atoms with E-state index in [1.165, 1.54) is 37.6 Å². The topological polar surface area (TPSA) is 0 Å². The molecule has 1 aliphatic carbocycles. The van der Waals surface area contributed by atoms with Crippen LogP contribution in [0.3, 0.4) is 0 Å². The number of hydrogen-bond donors (Lipinski definition) is 0. The SMILES string of the molecule is CCC[Si](CCC)(CCC)C1CCCC1. The van der Waals surface area contributed by atoms with Crippen LogP contribution < -0.4 is 0 Å². The van der Waals surface area contributed by atoms with E-state index in [1.54, 1.807) is 31.0 Å². The van der Waals surface area contributed by atoms with Crippen LogP contribution in [-0.2, 0) is 0 Å². The molecule has 0 heterocycles. The zero-order chi connectivity index (χ0) is 11.1. The highest BCUT2D eigenvalue weighted by Gasteiger charge is 2.39. The molecule has 15 heavy (non-hydrogen) atoms. The normalized spacial score (nSPS) is 18.6. The van der Waals surface area contributed by atoms with E-state index >= 15 is 0 Å². The zero-order valence-corrected chi connectivity index (χ0v) is 12.1. The van der Waals surface area contributed by atoms with E-state index < -0.39 is 8.07 Å². The molecule has 1 saturated carbocycles. The second kappa shape index (κ2) is 6.73. The van der Waals surface area contributed by atoms with E-state index in [2.05, 4.69) is 20.8 Å². The van der Waals surface area contributed by atoms with Crippen LogP contribution in [0.5, 0.6) is 0 Å². The second-order valence-electron chi connectivity index (χ2n) is 5.59. The lowest BCUT2D eigenvalue weighted by Crippen LogP contribution is -2.38. The Kier molecular flexibility index (Phi) is 5.96. The van der Waals surface area contributed by atoms with Crippen LogP contribution in [0.15, 0.2) is 0 Å². The Morgan fingerprint density at radius 1 is 0.800 bits per heavy atom. The number of hydrogen-bond acceptors (Lipinski definition) is 0. The lowest BCUT2D eigenvalue weighted by Gasteiger charge is -2.37. The standard InChI is InChI=1S/C14H30Si/c1-4-11-15(12-5-2,13-6-3)14-9-7-8-10-14/h14H,4-13H2,1-3H3. The summed E-state index contributed by atoms with van der Waals surface area (Å²) in [5.41, 5.74) is 1.21. The molecule has 1 fully saturated rings. The monoisotopic (exact) mass is 226 g/mol. The third kappa shape index (κ3) is 3.34. The molecule has 1 heteroatoms. The molecule has 0 aromatic carbocycles. The van der Waals surface area contributed by atoms with Gasteiger partial charge in [-0.2, -0.15) is 0 Å². The first-order chi connectivity index (χ1) is 7.29.